The number of halogens is 2. The van der Waals surface area contributed by atoms with Crippen LogP contribution in [-0.2, 0) is 13.0 Å². The van der Waals surface area contributed by atoms with Crippen LogP contribution in [0.5, 0.6) is 11.5 Å². The molecule has 0 aliphatic heterocycles. The first-order valence-electron chi connectivity index (χ1n) is 10.7. The molecule has 1 aromatic heterocycles. The van der Waals surface area contributed by atoms with E-state index in [9.17, 15) is 13.6 Å². The Morgan fingerprint density at radius 1 is 1.15 bits per heavy atom. The van der Waals surface area contributed by atoms with E-state index in [1.165, 1.54) is 12.1 Å². The van der Waals surface area contributed by atoms with E-state index >= 15 is 0 Å². The third-order valence-electron chi connectivity index (χ3n) is 4.52. The van der Waals surface area contributed by atoms with Gasteiger partial charge in [0.15, 0.2) is 0 Å². The zero-order valence-electron chi connectivity index (χ0n) is 19.1. The molecular formula is C27H30F2N2O2. The van der Waals surface area contributed by atoms with Crippen LogP contribution in [0.4, 0.5) is 8.78 Å². The van der Waals surface area contributed by atoms with Crippen molar-refractivity contribution in [1.82, 2.24) is 10.3 Å². The van der Waals surface area contributed by atoms with Crippen LogP contribution in [0.1, 0.15) is 42.5 Å². The van der Waals surface area contributed by atoms with Crippen molar-refractivity contribution in [2.75, 3.05) is 0 Å². The lowest BCUT2D eigenvalue weighted by Crippen LogP contribution is -2.23. The van der Waals surface area contributed by atoms with E-state index in [0.29, 0.717) is 34.6 Å². The normalized spacial score (nSPS) is 10.3. The SMILES string of the molecule is C=C/C=C\Cc1cc(Oc2cccc(C(=O)NCc3cc(F)cc(F)c3)c2C)ccn1.CC.[HH]. The van der Waals surface area contributed by atoms with Crippen LogP contribution in [-0.4, -0.2) is 10.9 Å². The molecule has 174 valence electrons. The molecule has 0 aliphatic rings. The molecule has 0 unspecified atom stereocenters. The van der Waals surface area contributed by atoms with Crippen molar-refractivity contribution >= 4 is 5.91 Å². The lowest BCUT2D eigenvalue weighted by molar-refractivity contribution is 0.0950. The van der Waals surface area contributed by atoms with Crippen LogP contribution in [0.25, 0.3) is 0 Å². The lowest BCUT2D eigenvalue weighted by Gasteiger charge is -2.13. The van der Waals surface area contributed by atoms with E-state index in [-0.39, 0.29) is 13.9 Å². The van der Waals surface area contributed by atoms with Crippen LogP contribution in [0.15, 0.2) is 79.5 Å². The van der Waals surface area contributed by atoms with Crippen LogP contribution in [0.3, 0.4) is 0 Å². The Morgan fingerprint density at radius 2 is 1.88 bits per heavy atom. The van der Waals surface area contributed by atoms with Gasteiger partial charge in [-0.2, -0.15) is 0 Å². The van der Waals surface area contributed by atoms with Gasteiger partial charge in [0.25, 0.3) is 5.91 Å². The Labute approximate surface area is 195 Å². The van der Waals surface area contributed by atoms with Crippen LogP contribution >= 0.6 is 0 Å². The number of aromatic nitrogens is 1. The fraction of sp³-hybridized carbons (Fsp3) is 0.185. The van der Waals surface area contributed by atoms with Crippen LogP contribution in [0, 0.1) is 18.6 Å². The first-order valence-corrected chi connectivity index (χ1v) is 10.7. The number of hydrogen-bond donors (Lipinski definition) is 1. The predicted molar refractivity (Wildman–Crippen MR) is 130 cm³/mol. The highest BCUT2D eigenvalue weighted by atomic mass is 19.1. The summed E-state index contributed by atoms with van der Waals surface area (Å²) in [4.78, 5) is 16.9. The monoisotopic (exact) mass is 452 g/mol. The molecule has 4 nitrogen and oxygen atoms in total. The van der Waals surface area contributed by atoms with E-state index in [2.05, 4.69) is 16.9 Å². The molecule has 2 aromatic carbocycles. The Bertz CT molecular complexity index is 1110. The number of carbonyl (C=O) groups is 1. The van der Waals surface area contributed by atoms with Crippen molar-refractivity contribution in [3.8, 4) is 11.5 Å². The van der Waals surface area contributed by atoms with Gasteiger partial charge in [-0.15, -0.1) is 0 Å². The van der Waals surface area contributed by atoms with Crippen LogP contribution in [0.2, 0.25) is 0 Å². The molecule has 3 aromatic rings. The molecular weight excluding hydrogens is 422 g/mol. The first-order chi connectivity index (χ1) is 16.0. The molecule has 0 radical (unpaired) electrons. The summed E-state index contributed by atoms with van der Waals surface area (Å²) >= 11 is 0. The first kappa shape index (κ1) is 25.5. The van der Waals surface area contributed by atoms with Gasteiger partial charge in [0.2, 0.25) is 0 Å². The number of amides is 1. The quantitative estimate of drug-likeness (QED) is 0.376. The number of nitrogens with zero attached hydrogens (tertiary/aromatic N) is 1. The zero-order chi connectivity index (χ0) is 24.2. The average Bonchev–Trinajstić information content (AvgIpc) is 2.80. The number of allylic oxidation sites excluding steroid dienone is 3. The maximum atomic E-state index is 13.3. The number of nitrogens with one attached hydrogen (secondary N) is 1. The Balaban J connectivity index is 0.00000188. The Morgan fingerprint density at radius 3 is 2.58 bits per heavy atom. The van der Waals surface area contributed by atoms with Crippen molar-refractivity contribution in [3.05, 3.63) is 114 Å². The summed E-state index contributed by atoms with van der Waals surface area (Å²) in [6.07, 6.45) is 7.80. The second-order valence-electron chi connectivity index (χ2n) is 6.84. The largest absolute Gasteiger partial charge is 0.457 e. The Hall–Kier alpha value is -3.80. The van der Waals surface area contributed by atoms with Gasteiger partial charge in [-0.1, -0.05) is 44.7 Å². The lowest BCUT2D eigenvalue weighted by atomic mass is 10.1. The third kappa shape index (κ3) is 7.68. The van der Waals surface area contributed by atoms with Gasteiger partial charge < -0.3 is 10.1 Å². The second kappa shape index (κ2) is 12.9. The smallest absolute Gasteiger partial charge is 0.251 e. The van der Waals surface area contributed by atoms with Gasteiger partial charge in [-0.3, -0.25) is 9.78 Å². The molecule has 1 N–H and O–H groups in total. The van der Waals surface area contributed by atoms with Gasteiger partial charge in [-0.05, 0) is 42.8 Å². The number of benzene rings is 2. The highest BCUT2D eigenvalue weighted by Gasteiger charge is 2.13. The fourth-order valence-electron chi connectivity index (χ4n) is 3.00. The number of ether oxygens (including phenoxy) is 1. The predicted octanol–water partition coefficient (Wildman–Crippen LogP) is 6.95. The van der Waals surface area contributed by atoms with E-state index in [0.717, 1.165) is 11.8 Å². The molecule has 1 amide bonds. The number of carbonyl (C=O) groups excluding carboxylic acids is 1. The van der Waals surface area contributed by atoms with Gasteiger partial charge >= 0.3 is 0 Å². The second-order valence-corrected chi connectivity index (χ2v) is 6.84. The summed E-state index contributed by atoms with van der Waals surface area (Å²) in [5, 5.41) is 2.69. The molecule has 6 heteroatoms. The number of rotatable bonds is 8. The molecule has 1 heterocycles. The van der Waals surface area contributed by atoms with E-state index in [1.807, 2.05) is 32.1 Å². The third-order valence-corrected chi connectivity index (χ3v) is 4.52. The fourth-order valence-corrected chi connectivity index (χ4v) is 3.00. The van der Waals surface area contributed by atoms with Gasteiger partial charge in [0.1, 0.15) is 23.1 Å². The molecule has 0 fully saturated rings. The summed E-state index contributed by atoms with van der Waals surface area (Å²) in [5.74, 6) is -0.603. The molecule has 0 saturated carbocycles. The van der Waals surface area contributed by atoms with Crippen molar-refractivity contribution in [2.45, 2.75) is 33.7 Å². The summed E-state index contributed by atoms with van der Waals surface area (Å²) in [6, 6.07) is 11.9. The summed E-state index contributed by atoms with van der Waals surface area (Å²) in [5.41, 5.74) is 2.24. The van der Waals surface area contributed by atoms with Gasteiger partial charge in [0, 0.05) is 49.5 Å². The van der Waals surface area contributed by atoms with Gasteiger partial charge in [-0.25, -0.2) is 8.78 Å². The molecule has 33 heavy (non-hydrogen) atoms. The minimum atomic E-state index is -0.687. The molecule has 0 bridgehead atoms. The van der Waals surface area contributed by atoms with E-state index in [4.69, 9.17) is 4.74 Å². The maximum Gasteiger partial charge on any atom is 0.251 e. The number of pyridine rings is 1. The van der Waals surface area contributed by atoms with Crippen LogP contribution < -0.4 is 10.1 Å². The topological polar surface area (TPSA) is 51.2 Å². The van der Waals surface area contributed by atoms with E-state index < -0.39 is 11.6 Å². The van der Waals surface area contributed by atoms with Crippen molar-refractivity contribution in [1.29, 1.82) is 0 Å². The van der Waals surface area contributed by atoms with Crippen molar-refractivity contribution in [3.63, 3.8) is 0 Å². The van der Waals surface area contributed by atoms with E-state index in [1.54, 1.807) is 43.5 Å². The summed E-state index contributed by atoms with van der Waals surface area (Å²) < 4.78 is 32.6. The highest BCUT2D eigenvalue weighted by Crippen LogP contribution is 2.27. The summed E-state index contributed by atoms with van der Waals surface area (Å²) in [7, 11) is 0. The zero-order valence-corrected chi connectivity index (χ0v) is 19.1. The minimum absolute atomic E-state index is 0. The van der Waals surface area contributed by atoms with Crippen molar-refractivity contribution in [2.24, 2.45) is 0 Å². The Kier molecular flexibility index (Phi) is 9.96. The highest BCUT2D eigenvalue weighted by molar-refractivity contribution is 5.96. The standard InChI is InChI=1S/C25H22F2N2O2.C2H6.H2/c1-3-4-5-7-21-15-22(10-11-28-21)31-24-9-6-8-23(17(24)2)25(30)29-16-18-12-19(26)14-20(27)13-18;1-2;/h3-6,8-15H,1,7,16H2,2H3,(H,29,30);1-2H3;1H/b5-4-;;. The minimum Gasteiger partial charge on any atom is -0.457 e. The molecule has 3 rings (SSSR count). The molecule has 0 spiro atoms. The molecule has 0 atom stereocenters. The molecule has 0 saturated heterocycles. The van der Waals surface area contributed by atoms with Gasteiger partial charge in [0.05, 0.1) is 0 Å². The van der Waals surface area contributed by atoms with Crippen molar-refractivity contribution < 1.29 is 19.7 Å². The average molecular weight is 453 g/mol. The maximum absolute atomic E-state index is 13.3. The number of hydrogen-bond acceptors (Lipinski definition) is 3. The summed E-state index contributed by atoms with van der Waals surface area (Å²) in [6.45, 7) is 9.42. The molecule has 0 aliphatic carbocycles.